The molecule has 0 spiro atoms. The lowest BCUT2D eigenvalue weighted by molar-refractivity contribution is 0.375. The Morgan fingerprint density at radius 3 is 2.84 bits per heavy atom. The van der Waals surface area contributed by atoms with E-state index in [9.17, 15) is 0 Å². The average Bonchev–Trinajstić information content (AvgIpc) is 2.97. The molecule has 3 aromatic rings. The number of rotatable bonds is 5. The van der Waals surface area contributed by atoms with Gasteiger partial charge in [-0.15, -0.1) is 0 Å². The van der Waals surface area contributed by atoms with Crippen molar-refractivity contribution in [2.75, 3.05) is 6.54 Å². The molecule has 1 N–H and O–H groups in total. The highest BCUT2D eigenvalue weighted by molar-refractivity contribution is 5.85. The van der Waals surface area contributed by atoms with Crippen LogP contribution in [0.4, 0.5) is 0 Å². The summed E-state index contributed by atoms with van der Waals surface area (Å²) in [5.74, 6) is 0.672. The maximum absolute atomic E-state index is 4.95. The molecule has 0 aliphatic carbocycles. The average molecular weight is 253 g/mol. The summed E-state index contributed by atoms with van der Waals surface area (Å²) in [6.07, 6.45) is 2.19. The molecule has 0 aliphatic rings. The molecular formula is C15H15N3O. The van der Waals surface area contributed by atoms with Crippen molar-refractivity contribution in [2.24, 2.45) is 0 Å². The maximum Gasteiger partial charge on any atom is 0.227 e. The van der Waals surface area contributed by atoms with Crippen LogP contribution in [0.5, 0.6) is 0 Å². The zero-order valence-corrected chi connectivity index (χ0v) is 10.5. The van der Waals surface area contributed by atoms with E-state index >= 15 is 0 Å². The van der Waals surface area contributed by atoms with E-state index in [4.69, 9.17) is 4.52 Å². The number of benzene rings is 2. The molecule has 0 radical (unpaired) electrons. The molecule has 4 nitrogen and oxygen atoms in total. The Morgan fingerprint density at radius 2 is 1.95 bits per heavy atom. The molecule has 0 unspecified atom stereocenters. The molecule has 0 saturated carbocycles. The van der Waals surface area contributed by atoms with Crippen molar-refractivity contribution >= 4 is 10.8 Å². The van der Waals surface area contributed by atoms with Crippen LogP contribution < -0.4 is 5.32 Å². The molecule has 0 bridgehead atoms. The first kappa shape index (κ1) is 11.9. The van der Waals surface area contributed by atoms with Crippen LogP contribution in [0, 0.1) is 0 Å². The SMILES string of the molecule is c1ccc2c(CNCCc3ncno3)cccc2c1. The lowest BCUT2D eigenvalue weighted by Gasteiger charge is -2.07. The Kier molecular flexibility index (Phi) is 3.51. The molecule has 0 amide bonds. The summed E-state index contributed by atoms with van der Waals surface area (Å²) in [6, 6.07) is 14.8. The van der Waals surface area contributed by atoms with Crippen LogP contribution in [-0.2, 0) is 13.0 Å². The summed E-state index contributed by atoms with van der Waals surface area (Å²) in [5.41, 5.74) is 1.31. The Morgan fingerprint density at radius 1 is 1.05 bits per heavy atom. The summed E-state index contributed by atoms with van der Waals surface area (Å²) >= 11 is 0. The molecule has 1 aromatic heterocycles. The van der Waals surface area contributed by atoms with Gasteiger partial charge in [0.15, 0.2) is 6.33 Å². The lowest BCUT2D eigenvalue weighted by atomic mass is 10.0. The molecule has 0 fully saturated rings. The van der Waals surface area contributed by atoms with Gasteiger partial charge < -0.3 is 9.84 Å². The van der Waals surface area contributed by atoms with E-state index in [1.54, 1.807) is 0 Å². The van der Waals surface area contributed by atoms with Gasteiger partial charge in [-0.3, -0.25) is 0 Å². The smallest absolute Gasteiger partial charge is 0.227 e. The van der Waals surface area contributed by atoms with Crippen LogP contribution in [0.3, 0.4) is 0 Å². The first-order chi connectivity index (χ1) is 9.43. The second kappa shape index (κ2) is 5.63. The van der Waals surface area contributed by atoms with Gasteiger partial charge in [0, 0.05) is 19.5 Å². The van der Waals surface area contributed by atoms with Gasteiger partial charge in [0.05, 0.1) is 0 Å². The fraction of sp³-hybridized carbons (Fsp3) is 0.200. The number of aromatic nitrogens is 2. The van der Waals surface area contributed by atoms with Gasteiger partial charge in [-0.05, 0) is 16.3 Å². The van der Waals surface area contributed by atoms with E-state index in [1.165, 1.54) is 22.7 Å². The third-order valence-corrected chi connectivity index (χ3v) is 3.12. The molecule has 0 atom stereocenters. The van der Waals surface area contributed by atoms with Crippen LogP contribution in [0.25, 0.3) is 10.8 Å². The Labute approximate surface area is 111 Å². The molecular weight excluding hydrogens is 238 g/mol. The van der Waals surface area contributed by atoms with Gasteiger partial charge in [-0.1, -0.05) is 47.6 Å². The van der Waals surface area contributed by atoms with Gasteiger partial charge in [0.2, 0.25) is 5.89 Å². The summed E-state index contributed by atoms with van der Waals surface area (Å²) < 4.78 is 4.95. The van der Waals surface area contributed by atoms with Gasteiger partial charge in [0.25, 0.3) is 0 Å². The van der Waals surface area contributed by atoms with Crippen molar-refractivity contribution < 1.29 is 4.52 Å². The molecule has 1 heterocycles. The van der Waals surface area contributed by atoms with Crippen molar-refractivity contribution in [3.63, 3.8) is 0 Å². The molecule has 96 valence electrons. The molecule has 3 rings (SSSR count). The van der Waals surface area contributed by atoms with E-state index < -0.39 is 0 Å². The first-order valence-electron chi connectivity index (χ1n) is 6.36. The molecule has 19 heavy (non-hydrogen) atoms. The third kappa shape index (κ3) is 2.80. The minimum atomic E-state index is 0.672. The summed E-state index contributed by atoms with van der Waals surface area (Å²) in [6.45, 7) is 1.67. The number of nitrogens with one attached hydrogen (secondary N) is 1. The molecule has 0 aliphatic heterocycles. The third-order valence-electron chi connectivity index (χ3n) is 3.12. The maximum atomic E-state index is 4.95. The summed E-state index contributed by atoms with van der Waals surface area (Å²) in [4.78, 5) is 3.99. The van der Waals surface area contributed by atoms with Gasteiger partial charge in [-0.2, -0.15) is 4.98 Å². The van der Waals surface area contributed by atoms with Gasteiger partial charge in [-0.25, -0.2) is 0 Å². The summed E-state index contributed by atoms with van der Waals surface area (Å²) in [7, 11) is 0. The molecule has 2 aromatic carbocycles. The zero-order chi connectivity index (χ0) is 12.9. The largest absolute Gasteiger partial charge is 0.340 e. The number of fused-ring (bicyclic) bond motifs is 1. The van der Waals surface area contributed by atoms with Crippen LogP contribution >= 0.6 is 0 Å². The quantitative estimate of drug-likeness (QED) is 0.710. The van der Waals surface area contributed by atoms with Crippen LogP contribution in [0.15, 0.2) is 53.3 Å². The van der Waals surface area contributed by atoms with Crippen LogP contribution in [0.2, 0.25) is 0 Å². The van der Waals surface area contributed by atoms with E-state index in [0.717, 1.165) is 19.5 Å². The highest BCUT2D eigenvalue weighted by Crippen LogP contribution is 2.18. The minimum absolute atomic E-state index is 0.672. The lowest BCUT2D eigenvalue weighted by Crippen LogP contribution is -2.16. The van der Waals surface area contributed by atoms with Crippen molar-refractivity contribution in [3.8, 4) is 0 Å². The number of hydrogen-bond acceptors (Lipinski definition) is 4. The van der Waals surface area contributed by atoms with E-state index in [-0.39, 0.29) is 0 Å². The highest BCUT2D eigenvalue weighted by Gasteiger charge is 2.01. The van der Waals surface area contributed by atoms with E-state index in [1.807, 2.05) is 0 Å². The van der Waals surface area contributed by atoms with Crippen molar-refractivity contribution in [2.45, 2.75) is 13.0 Å². The number of nitrogens with zero attached hydrogens (tertiary/aromatic N) is 2. The van der Waals surface area contributed by atoms with Crippen molar-refractivity contribution in [1.29, 1.82) is 0 Å². The summed E-state index contributed by atoms with van der Waals surface area (Å²) in [5, 5.41) is 9.57. The first-order valence-corrected chi connectivity index (χ1v) is 6.36. The Balaban J connectivity index is 1.62. The standard InChI is InChI=1S/C15H15N3O/c1-2-7-14-12(4-1)5-3-6-13(14)10-16-9-8-15-17-11-18-19-15/h1-7,11,16H,8-10H2. The molecule has 4 heteroatoms. The highest BCUT2D eigenvalue weighted by atomic mass is 16.5. The zero-order valence-electron chi connectivity index (χ0n) is 10.5. The molecule has 0 saturated heterocycles. The normalized spacial score (nSPS) is 10.9. The van der Waals surface area contributed by atoms with E-state index in [0.29, 0.717) is 5.89 Å². The van der Waals surface area contributed by atoms with Crippen molar-refractivity contribution in [1.82, 2.24) is 15.5 Å². The van der Waals surface area contributed by atoms with Crippen LogP contribution in [0.1, 0.15) is 11.5 Å². The fourth-order valence-electron chi connectivity index (χ4n) is 2.17. The number of hydrogen-bond donors (Lipinski definition) is 1. The van der Waals surface area contributed by atoms with Gasteiger partial charge in [0.1, 0.15) is 0 Å². The minimum Gasteiger partial charge on any atom is -0.340 e. The Bertz CT molecular complexity index is 644. The predicted octanol–water partition coefficient (Wildman–Crippen LogP) is 2.56. The predicted molar refractivity (Wildman–Crippen MR) is 73.7 cm³/mol. The topological polar surface area (TPSA) is 51.0 Å². The Hall–Kier alpha value is -2.20. The van der Waals surface area contributed by atoms with Crippen LogP contribution in [-0.4, -0.2) is 16.7 Å². The van der Waals surface area contributed by atoms with Gasteiger partial charge >= 0.3 is 0 Å². The second-order valence-electron chi connectivity index (χ2n) is 4.40. The van der Waals surface area contributed by atoms with E-state index in [2.05, 4.69) is 57.9 Å². The second-order valence-corrected chi connectivity index (χ2v) is 4.40. The van der Waals surface area contributed by atoms with Crippen molar-refractivity contribution in [3.05, 3.63) is 60.2 Å². The fourth-order valence-corrected chi connectivity index (χ4v) is 2.17. The monoisotopic (exact) mass is 253 g/mol.